The molecule has 7 nitrogen and oxygen atoms in total. The summed E-state index contributed by atoms with van der Waals surface area (Å²) in [5.41, 5.74) is 4.83. The van der Waals surface area contributed by atoms with Gasteiger partial charge in [-0.05, 0) is 50.8 Å². The van der Waals surface area contributed by atoms with Crippen LogP contribution in [0.1, 0.15) is 42.5 Å². The molecule has 2 unspecified atom stereocenters. The lowest BCUT2D eigenvalue weighted by Gasteiger charge is -2.17. The second-order valence-corrected chi connectivity index (χ2v) is 10.3. The second kappa shape index (κ2) is 9.70. The number of nitrogens with one attached hydrogen (secondary N) is 1. The Kier molecular flexibility index (Phi) is 6.47. The molecule has 0 bridgehead atoms. The lowest BCUT2D eigenvalue weighted by atomic mass is 10.1. The molecule has 0 saturated carbocycles. The highest BCUT2D eigenvalue weighted by Gasteiger charge is 2.30. The van der Waals surface area contributed by atoms with Gasteiger partial charge < -0.3 is 5.32 Å². The summed E-state index contributed by atoms with van der Waals surface area (Å²) in [4.78, 5) is 31.0. The topological polar surface area (TPSA) is 81.8 Å². The smallest absolute Gasteiger partial charge is 0.265 e. The van der Waals surface area contributed by atoms with Gasteiger partial charge in [-0.2, -0.15) is 5.10 Å². The molecule has 1 aliphatic rings. The van der Waals surface area contributed by atoms with Crippen LogP contribution in [0.2, 0.25) is 0 Å². The number of hydrogen-bond donors (Lipinski definition) is 1. The van der Waals surface area contributed by atoms with Gasteiger partial charge in [0.2, 0.25) is 5.91 Å². The van der Waals surface area contributed by atoms with E-state index in [2.05, 4.69) is 28.6 Å². The number of rotatable bonds is 7. The van der Waals surface area contributed by atoms with Crippen molar-refractivity contribution in [2.45, 2.75) is 57.3 Å². The van der Waals surface area contributed by atoms with Crippen molar-refractivity contribution in [2.24, 2.45) is 0 Å². The summed E-state index contributed by atoms with van der Waals surface area (Å²) in [5.74, 6) is 0.611. The maximum atomic E-state index is 13.4. The second-order valence-electron chi connectivity index (χ2n) is 9.31. The highest BCUT2D eigenvalue weighted by molar-refractivity contribution is 7.99. The van der Waals surface area contributed by atoms with Gasteiger partial charge in [-0.25, -0.2) is 9.67 Å². The number of aryl methyl sites for hydroxylation is 3. The number of thioether (sulfide) groups is 1. The zero-order valence-electron chi connectivity index (χ0n) is 20.2. The molecule has 8 heteroatoms. The average molecular weight is 488 g/mol. The lowest BCUT2D eigenvalue weighted by Crippen LogP contribution is -2.35. The zero-order chi connectivity index (χ0) is 24.5. The Morgan fingerprint density at radius 3 is 2.77 bits per heavy atom. The third-order valence-corrected chi connectivity index (χ3v) is 7.59. The Labute approximate surface area is 208 Å². The predicted molar refractivity (Wildman–Crippen MR) is 139 cm³/mol. The largest absolute Gasteiger partial charge is 0.354 e. The number of nitrogens with zero attached hydrogens (tertiary/aromatic N) is 4. The van der Waals surface area contributed by atoms with E-state index in [1.807, 2.05) is 51.1 Å². The molecule has 0 aliphatic carbocycles. The van der Waals surface area contributed by atoms with Gasteiger partial charge in [-0.3, -0.25) is 14.2 Å². The molecule has 5 rings (SSSR count). The number of fused-ring (bicyclic) bond motifs is 2. The predicted octanol–water partition coefficient (Wildman–Crippen LogP) is 4.37. The van der Waals surface area contributed by atoms with Gasteiger partial charge >= 0.3 is 0 Å². The van der Waals surface area contributed by atoms with Crippen LogP contribution in [-0.2, 0) is 11.2 Å². The third-order valence-electron chi connectivity index (χ3n) is 6.49. The number of carbonyl (C=O) groups is 1. The molecule has 3 heterocycles. The number of carbonyl (C=O) groups excluding carboxylic acids is 1. The van der Waals surface area contributed by atoms with E-state index in [0.29, 0.717) is 21.9 Å². The molecule has 2 aromatic heterocycles. The van der Waals surface area contributed by atoms with Crippen LogP contribution < -0.4 is 10.9 Å². The Hall–Kier alpha value is -3.39. The van der Waals surface area contributed by atoms with Gasteiger partial charge in [0, 0.05) is 18.2 Å². The van der Waals surface area contributed by atoms with Crippen molar-refractivity contribution in [2.75, 3.05) is 5.75 Å². The monoisotopic (exact) mass is 487 g/mol. The van der Waals surface area contributed by atoms with Gasteiger partial charge in [0.25, 0.3) is 5.56 Å². The molecule has 35 heavy (non-hydrogen) atoms. The third kappa shape index (κ3) is 4.75. The van der Waals surface area contributed by atoms with Crippen molar-refractivity contribution in [1.29, 1.82) is 0 Å². The van der Waals surface area contributed by atoms with Crippen molar-refractivity contribution in [3.8, 4) is 5.69 Å². The molecule has 1 N–H and O–H groups in total. The van der Waals surface area contributed by atoms with Crippen LogP contribution in [0.5, 0.6) is 0 Å². The molecule has 0 spiro atoms. The standard InChI is InChI=1S/C27H29N5O2S/c1-17-9-12-23(18(2)13-17)32-25-22(15-28-32)26(34)31-21(16-35-27(31)30-25)14-24(33)29-19(3)10-11-20-7-5-4-6-8-20/h4-9,12-13,15,19,21H,10-11,14,16H2,1-3H3,(H,29,33). The highest BCUT2D eigenvalue weighted by atomic mass is 32.2. The first kappa shape index (κ1) is 23.4. The van der Waals surface area contributed by atoms with Crippen molar-refractivity contribution >= 4 is 28.7 Å². The fourth-order valence-electron chi connectivity index (χ4n) is 4.65. The SMILES string of the molecule is Cc1ccc(-n2ncc3c(=O)n4c(nc32)SCC4CC(=O)NC(C)CCc2ccccc2)c(C)c1. The Morgan fingerprint density at radius 2 is 2.00 bits per heavy atom. The van der Waals surface area contributed by atoms with E-state index in [4.69, 9.17) is 4.98 Å². The molecule has 0 saturated heterocycles. The number of amides is 1. The molecule has 0 fully saturated rings. The van der Waals surface area contributed by atoms with Crippen LogP contribution >= 0.6 is 11.8 Å². The van der Waals surface area contributed by atoms with E-state index >= 15 is 0 Å². The van der Waals surface area contributed by atoms with Crippen LogP contribution in [0.15, 0.2) is 64.7 Å². The number of aromatic nitrogens is 4. The van der Waals surface area contributed by atoms with Crippen molar-refractivity contribution in [3.63, 3.8) is 0 Å². The summed E-state index contributed by atoms with van der Waals surface area (Å²) in [6, 6.07) is 16.2. The normalized spacial score (nSPS) is 15.8. The van der Waals surface area contributed by atoms with E-state index in [1.165, 1.54) is 22.9 Å². The first-order valence-electron chi connectivity index (χ1n) is 11.9. The van der Waals surface area contributed by atoms with Crippen molar-refractivity contribution in [3.05, 3.63) is 81.8 Å². The molecule has 0 radical (unpaired) electrons. The van der Waals surface area contributed by atoms with Crippen molar-refractivity contribution < 1.29 is 4.79 Å². The summed E-state index contributed by atoms with van der Waals surface area (Å²) in [7, 11) is 0. The molecule has 2 aromatic carbocycles. The lowest BCUT2D eigenvalue weighted by molar-refractivity contribution is -0.122. The van der Waals surface area contributed by atoms with E-state index in [-0.39, 0.29) is 30.0 Å². The zero-order valence-corrected chi connectivity index (χ0v) is 21.0. The molecule has 1 amide bonds. The van der Waals surface area contributed by atoms with Crippen LogP contribution in [0.4, 0.5) is 0 Å². The van der Waals surface area contributed by atoms with Crippen molar-refractivity contribution in [1.82, 2.24) is 24.6 Å². The minimum absolute atomic E-state index is 0.0398. The summed E-state index contributed by atoms with van der Waals surface area (Å²) >= 11 is 1.52. The molecular formula is C27H29N5O2S. The molecule has 2 atom stereocenters. The summed E-state index contributed by atoms with van der Waals surface area (Å²) in [6.07, 6.45) is 3.62. The Morgan fingerprint density at radius 1 is 1.20 bits per heavy atom. The van der Waals surface area contributed by atoms with Crippen LogP contribution in [0, 0.1) is 13.8 Å². The maximum absolute atomic E-state index is 13.4. The van der Waals surface area contributed by atoms with Crippen LogP contribution in [0.3, 0.4) is 0 Å². The molecule has 4 aromatic rings. The summed E-state index contributed by atoms with van der Waals surface area (Å²) < 4.78 is 3.41. The quantitative estimate of drug-likeness (QED) is 0.392. The minimum Gasteiger partial charge on any atom is -0.354 e. The fourth-order valence-corrected chi connectivity index (χ4v) is 5.78. The maximum Gasteiger partial charge on any atom is 0.265 e. The van der Waals surface area contributed by atoms with Gasteiger partial charge in [0.05, 0.1) is 17.9 Å². The Balaban J connectivity index is 1.32. The van der Waals surface area contributed by atoms with E-state index < -0.39 is 0 Å². The van der Waals surface area contributed by atoms with E-state index in [9.17, 15) is 9.59 Å². The summed E-state index contributed by atoms with van der Waals surface area (Å²) in [6.45, 7) is 6.10. The first-order valence-corrected chi connectivity index (χ1v) is 12.9. The fraction of sp³-hybridized carbons (Fsp3) is 0.333. The molecule has 180 valence electrons. The van der Waals surface area contributed by atoms with Gasteiger partial charge in [-0.1, -0.05) is 59.8 Å². The highest BCUT2D eigenvalue weighted by Crippen LogP contribution is 2.33. The minimum atomic E-state index is -0.217. The summed E-state index contributed by atoms with van der Waals surface area (Å²) in [5, 5.41) is 8.69. The van der Waals surface area contributed by atoms with E-state index in [1.54, 1.807) is 15.4 Å². The van der Waals surface area contributed by atoms with Gasteiger partial charge in [-0.15, -0.1) is 0 Å². The van der Waals surface area contributed by atoms with Gasteiger partial charge in [0.15, 0.2) is 10.8 Å². The Bertz CT molecular complexity index is 1440. The number of hydrogen-bond acceptors (Lipinski definition) is 5. The number of benzene rings is 2. The van der Waals surface area contributed by atoms with Crippen LogP contribution in [-0.4, -0.2) is 37.0 Å². The van der Waals surface area contributed by atoms with Crippen LogP contribution in [0.25, 0.3) is 16.7 Å². The first-order chi connectivity index (χ1) is 16.9. The molecule has 1 aliphatic heterocycles. The van der Waals surface area contributed by atoms with E-state index in [0.717, 1.165) is 24.1 Å². The average Bonchev–Trinajstić information content (AvgIpc) is 3.43. The van der Waals surface area contributed by atoms with Gasteiger partial charge in [0.1, 0.15) is 5.39 Å². The molecular weight excluding hydrogens is 458 g/mol.